The lowest BCUT2D eigenvalue weighted by Crippen LogP contribution is -2.32. The molecule has 1 aliphatic carbocycles. The van der Waals surface area contributed by atoms with Crippen LogP contribution in [0.2, 0.25) is 5.02 Å². The molecule has 0 atom stereocenters. The molecule has 5 nitrogen and oxygen atoms in total. The van der Waals surface area contributed by atoms with Gasteiger partial charge in [0.15, 0.2) is 0 Å². The average Bonchev–Trinajstić information content (AvgIpc) is 2.29. The van der Waals surface area contributed by atoms with Crippen LogP contribution in [0, 0.1) is 5.92 Å². The highest BCUT2D eigenvalue weighted by Gasteiger charge is 2.23. The van der Waals surface area contributed by atoms with Gasteiger partial charge in [-0.05, 0) is 46.8 Å². The van der Waals surface area contributed by atoms with Crippen LogP contribution in [0.25, 0.3) is 0 Å². The van der Waals surface area contributed by atoms with E-state index in [1.54, 1.807) is 0 Å². The van der Waals surface area contributed by atoms with E-state index in [0.29, 0.717) is 12.5 Å². The summed E-state index contributed by atoms with van der Waals surface area (Å²) in [5.74, 6) is -0.897. The molecule has 0 amide bonds. The summed E-state index contributed by atoms with van der Waals surface area (Å²) in [5, 5.41) is 9.01. The fourth-order valence-electron chi connectivity index (χ4n) is 1.88. The Hall–Kier alpha value is -0.630. The van der Waals surface area contributed by atoms with Crippen molar-refractivity contribution in [1.29, 1.82) is 0 Å². The molecule has 0 heterocycles. The van der Waals surface area contributed by atoms with Crippen molar-refractivity contribution in [3.05, 3.63) is 27.2 Å². The standard InChI is InChI=1S/C12H13BrClNO4S/c13-10-5-8(4-9(11(10)14)12(16)17)20(18,19)15-6-7-2-1-3-7/h4-5,7,15H,1-3,6H2,(H,16,17). The Bertz CT molecular complexity index is 643. The van der Waals surface area contributed by atoms with E-state index in [0.717, 1.165) is 25.3 Å². The molecule has 2 N–H and O–H groups in total. The second-order valence-electron chi connectivity index (χ2n) is 4.72. The van der Waals surface area contributed by atoms with Gasteiger partial charge in [0.1, 0.15) is 0 Å². The number of halogens is 2. The molecule has 1 saturated carbocycles. The predicted octanol–water partition coefficient (Wildman–Crippen LogP) is 2.88. The number of nitrogens with one attached hydrogen (secondary N) is 1. The molecule has 0 spiro atoms. The van der Waals surface area contributed by atoms with Crippen LogP contribution in [0.5, 0.6) is 0 Å². The number of rotatable bonds is 5. The summed E-state index contributed by atoms with van der Waals surface area (Å²) in [4.78, 5) is 10.9. The maximum Gasteiger partial charge on any atom is 0.337 e. The van der Waals surface area contributed by atoms with Crippen molar-refractivity contribution in [2.75, 3.05) is 6.54 Å². The highest BCUT2D eigenvalue weighted by atomic mass is 79.9. The Morgan fingerprint density at radius 3 is 2.60 bits per heavy atom. The van der Waals surface area contributed by atoms with Gasteiger partial charge in [0.2, 0.25) is 10.0 Å². The molecule has 0 aliphatic heterocycles. The Morgan fingerprint density at radius 1 is 1.45 bits per heavy atom. The molecule has 0 bridgehead atoms. The van der Waals surface area contributed by atoms with Gasteiger partial charge in [0, 0.05) is 11.0 Å². The smallest absolute Gasteiger partial charge is 0.337 e. The van der Waals surface area contributed by atoms with Gasteiger partial charge in [0.05, 0.1) is 15.5 Å². The lowest BCUT2D eigenvalue weighted by Gasteiger charge is -2.25. The van der Waals surface area contributed by atoms with E-state index in [1.165, 1.54) is 6.07 Å². The van der Waals surface area contributed by atoms with Gasteiger partial charge in [-0.1, -0.05) is 18.0 Å². The molecule has 1 aromatic rings. The molecular weight excluding hydrogens is 370 g/mol. The number of sulfonamides is 1. The first-order valence-corrected chi connectivity index (χ1v) is 8.68. The van der Waals surface area contributed by atoms with Crippen molar-refractivity contribution in [3.8, 4) is 0 Å². The molecule has 0 radical (unpaired) electrons. The molecule has 1 aromatic carbocycles. The van der Waals surface area contributed by atoms with E-state index in [1.807, 2.05) is 0 Å². The predicted molar refractivity (Wildman–Crippen MR) is 78.6 cm³/mol. The zero-order chi connectivity index (χ0) is 14.9. The second kappa shape index (κ2) is 6.01. The van der Waals surface area contributed by atoms with Gasteiger partial charge in [-0.15, -0.1) is 0 Å². The fraction of sp³-hybridized carbons (Fsp3) is 0.417. The number of hydrogen-bond acceptors (Lipinski definition) is 3. The molecule has 20 heavy (non-hydrogen) atoms. The first kappa shape index (κ1) is 15.8. The number of hydrogen-bond donors (Lipinski definition) is 2. The average molecular weight is 383 g/mol. The van der Waals surface area contributed by atoms with E-state index < -0.39 is 16.0 Å². The maximum atomic E-state index is 12.1. The summed E-state index contributed by atoms with van der Waals surface area (Å²) in [6, 6.07) is 2.37. The minimum Gasteiger partial charge on any atom is -0.478 e. The van der Waals surface area contributed by atoms with E-state index >= 15 is 0 Å². The van der Waals surface area contributed by atoms with Gasteiger partial charge in [-0.25, -0.2) is 17.9 Å². The molecule has 0 aromatic heterocycles. The number of carbonyl (C=O) groups is 1. The highest BCUT2D eigenvalue weighted by Crippen LogP contribution is 2.30. The number of carboxylic acid groups (broad SMARTS) is 1. The number of benzene rings is 1. The highest BCUT2D eigenvalue weighted by molar-refractivity contribution is 9.10. The molecule has 8 heteroatoms. The maximum absolute atomic E-state index is 12.1. The Labute approximate surface area is 130 Å². The SMILES string of the molecule is O=C(O)c1cc(S(=O)(=O)NCC2CCC2)cc(Br)c1Cl. The summed E-state index contributed by atoms with van der Waals surface area (Å²) < 4.78 is 27.0. The fourth-order valence-corrected chi connectivity index (χ4v) is 3.85. The Balaban J connectivity index is 2.28. The number of aromatic carboxylic acids is 1. The van der Waals surface area contributed by atoms with Crippen LogP contribution >= 0.6 is 27.5 Å². The van der Waals surface area contributed by atoms with Crippen molar-refractivity contribution in [1.82, 2.24) is 4.72 Å². The molecule has 1 fully saturated rings. The summed E-state index contributed by atoms with van der Waals surface area (Å²) in [6.07, 6.45) is 3.17. The minimum atomic E-state index is -3.73. The quantitative estimate of drug-likeness (QED) is 0.820. The van der Waals surface area contributed by atoms with Crippen LogP contribution in [0.4, 0.5) is 0 Å². The van der Waals surface area contributed by atoms with Gasteiger partial charge < -0.3 is 5.11 Å². The molecule has 0 saturated heterocycles. The largest absolute Gasteiger partial charge is 0.478 e. The zero-order valence-electron chi connectivity index (χ0n) is 10.4. The molecule has 0 unspecified atom stereocenters. The molecule has 1 aliphatic rings. The van der Waals surface area contributed by atoms with Gasteiger partial charge >= 0.3 is 5.97 Å². The molecular formula is C12H13BrClNO4S. The van der Waals surface area contributed by atoms with Gasteiger partial charge in [-0.2, -0.15) is 0 Å². The van der Waals surface area contributed by atoms with Crippen LogP contribution in [0.3, 0.4) is 0 Å². The summed E-state index contributed by atoms with van der Waals surface area (Å²) in [7, 11) is -3.73. The Kier molecular flexibility index (Phi) is 4.73. The second-order valence-corrected chi connectivity index (χ2v) is 7.72. The normalized spacial score (nSPS) is 15.9. The molecule has 110 valence electrons. The van der Waals surface area contributed by atoms with Crippen molar-refractivity contribution in [2.45, 2.75) is 24.2 Å². The van der Waals surface area contributed by atoms with Crippen LogP contribution < -0.4 is 4.72 Å². The summed E-state index contributed by atoms with van der Waals surface area (Å²) in [5.41, 5.74) is -0.245. The van der Waals surface area contributed by atoms with Crippen LogP contribution in [0.1, 0.15) is 29.6 Å². The first-order chi connectivity index (χ1) is 9.31. The zero-order valence-corrected chi connectivity index (χ0v) is 13.6. The Morgan fingerprint density at radius 2 is 2.10 bits per heavy atom. The topological polar surface area (TPSA) is 83.5 Å². The van der Waals surface area contributed by atoms with E-state index in [9.17, 15) is 13.2 Å². The number of carboxylic acids is 1. The van der Waals surface area contributed by atoms with Crippen molar-refractivity contribution in [3.63, 3.8) is 0 Å². The lowest BCUT2D eigenvalue weighted by atomic mass is 9.86. The van der Waals surface area contributed by atoms with Crippen LogP contribution in [0.15, 0.2) is 21.5 Å². The van der Waals surface area contributed by atoms with Crippen molar-refractivity contribution in [2.24, 2.45) is 5.92 Å². The van der Waals surface area contributed by atoms with E-state index in [2.05, 4.69) is 20.7 Å². The van der Waals surface area contributed by atoms with Gasteiger partial charge in [0.25, 0.3) is 0 Å². The third-order valence-electron chi connectivity index (χ3n) is 3.33. The first-order valence-electron chi connectivity index (χ1n) is 6.03. The summed E-state index contributed by atoms with van der Waals surface area (Å²) in [6.45, 7) is 0.380. The van der Waals surface area contributed by atoms with Crippen LogP contribution in [-0.4, -0.2) is 26.0 Å². The van der Waals surface area contributed by atoms with E-state index in [4.69, 9.17) is 16.7 Å². The van der Waals surface area contributed by atoms with E-state index in [-0.39, 0.29) is 20.0 Å². The monoisotopic (exact) mass is 381 g/mol. The molecule has 2 rings (SSSR count). The minimum absolute atomic E-state index is 0.0181. The third-order valence-corrected chi connectivity index (χ3v) is 5.99. The summed E-state index contributed by atoms with van der Waals surface area (Å²) >= 11 is 8.90. The lowest BCUT2D eigenvalue weighted by molar-refractivity contribution is 0.0696. The third kappa shape index (κ3) is 3.33. The van der Waals surface area contributed by atoms with Crippen molar-refractivity contribution < 1.29 is 18.3 Å². The van der Waals surface area contributed by atoms with Gasteiger partial charge in [-0.3, -0.25) is 0 Å². The van der Waals surface area contributed by atoms with Crippen molar-refractivity contribution >= 4 is 43.5 Å². The van der Waals surface area contributed by atoms with Crippen LogP contribution in [-0.2, 0) is 10.0 Å².